The Kier molecular flexibility index (Phi) is 6.08. The van der Waals surface area contributed by atoms with Gasteiger partial charge in [0.05, 0.1) is 20.1 Å². The molecule has 9 heteroatoms. The molecule has 148 valence electrons. The number of carbonyl (C=O) groups is 1. The highest BCUT2D eigenvalue weighted by atomic mass is 35.5. The number of piperazine rings is 1. The molecule has 1 aliphatic rings. The molecule has 4 rings (SSSR count). The SMILES string of the molecule is Cc1ccc2nc(N3CCN(CCNC(=O)c4cc(Cl)sc4Cl)CC3)sc2c1. The molecule has 3 heterocycles. The van der Waals surface area contributed by atoms with Crippen LogP contribution in [0.4, 0.5) is 5.13 Å². The number of nitrogens with zero attached hydrogens (tertiary/aromatic N) is 3. The number of carbonyl (C=O) groups excluding carboxylic acids is 1. The van der Waals surface area contributed by atoms with Crippen molar-refractivity contribution < 1.29 is 4.79 Å². The summed E-state index contributed by atoms with van der Waals surface area (Å²) >= 11 is 14.9. The number of hydrogen-bond acceptors (Lipinski definition) is 6. The lowest BCUT2D eigenvalue weighted by Gasteiger charge is -2.34. The van der Waals surface area contributed by atoms with Crippen LogP contribution in [0.2, 0.25) is 8.67 Å². The molecule has 1 saturated heterocycles. The van der Waals surface area contributed by atoms with Gasteiger partial charge in [0.15, 0.2) is 5.13 Å². The highest BCUT2D eigenvalue weighted by Gasteiger charge is 2.20. The first-order valence-corrected chi connectivity index (χ1v) is 11.5. The molecule has 1 amide bonds. The molecule has 5 nitrogen and oxygen atoms in total. The van der Waals surface area contributed by atoms with Crippen molar-refractivity contribution in [1.29, 1.82) is 0 Å². The Hall–Kier alpha value is -1.38. The Bertz CT molecular complexity index is 995. The van der Waals surface area contributed by atoms with Gasteiger partial charge < -0.3 is 10.2 Å². The third-order valence-electron chi connectivity index (χ3n) is 4.79. The molecule has 2 aromatic heterocycles. The van der Waals surface area contributed by atoms with Gasteiger partial charge in [-0.15, -0.1) is 11.3 Å². The van der Waals surface area contributed by atoms with Gasteiger partial charge in [-0.1, -0.05) is 40.6 Å². The second-order valence-electron chi connectivity index (χ2n) is 6.79. The number of hydrogen-bond donors (Lipinski definition) is 1. The van der Waals surface area contributed by atoms with Crippen LogP contribution in [-0.4, -0.2) is 55.1 Å². The van der Waals surface area contributed by atoms with Crippen LogP contribution in [0.25, 0.3) is 10.2 Å². The zero-order valence-electron chi connectivity index (χ0n) is 15.4. The number of aromatic nitrogens is 1. The zero-order chi connectivity index (χ0) is 19.7. The summed E-state index contributed by atoms with van der Waals surface area (Å²) in [7, 11) is 0. The van der Waals surface area contributed by atoms with Crippen molar-refractivity contribution in [2.75, 3.05) is 44.2 Å². The summed E-state index contributed by atoms with van der Waals surface area (Å²) < 4.78 is 2.20. The summed E-state index contributed by atoms with van der Waals surface area (Å²) in [5.74, 6) is -0.170. The maximum Gasteiger partial charge on any atom is 0.253 e. The molecule has 0 spiro atoms. The smallest absolute Gasteiger partial charge is 0.253 e. The average molecular weight is 455 g/mol. The molecule has 1 fully saturated rings. The topological polar surface area (TPSA) is 48.5 Å². The first kappa shape index (κ1) is 19.9. The van der Waals surface area contributed by atoms with E-state index >= 15 is 0 Å². The number of fused-ring (bicyclic) bond motifs is 1. The molecule has 0 saturated carbocycles. The third-order valence-corrected chi connectivity index (χ3v) is 7.36. The molecule has 0 atom stereocenters. The van der Waals surface area contributed by atoms with Gasteiger partial charge in [0.2, 0.25) is 0 Å². The molecule has 0 unspecified atom stereocenters. The average Bonchev–Trinajstić information content (AvgIpc) is 3.24. The van der Waals surface area contributed by atoms with Crippen molar-refractivity contribution in [1.82, 2.24) is 15.2 Å². The van der Waals surface area contributed by atoms with Crippen LogP contribution in [0.3, 0.4) is 0 Å². The Morgan fingerprint density at radius 1 is 1.18 bits per heavy atom. The molecule has 0 aliphatic carbocycles. The zero-order valence-corrected chi connectivity index (χ0v) is 18.5. The second kappa shape index (κ2) is 8.55. The normalized spacial score (nSPS) is 15.3. The van der Waals surface area contributed by atoms with Crippen LogP contribution in [0.1, 0.15) is 15.9 Å². The number of amides is 1. The minimum Gasteiger partial charge on any atom is -0.351 e. The predicted octanol–water partition coefficient (Wildman–Crippen LogP) is 4.53. The second-order valence-corrected chi connectivity index (χ2v) is 10.1. The van der Waals surface area contributed by atoms with E-state index in [1.54, 1.807) is 17.4 Å². The van der Waals surface area contributed by atoms with Crippen molar-refractivity contribution >= 4 is 67.1 Å². The van der Waals surface area contributed by atoms with Crippen LogP contribution in [-0.2, 0) is 0 Å². The summed E-state index contributed by atoms with van der Waals surface area (Å²) in [5, 5.41) is 4.02. The predicted molar refractivity (Wildman–Crippen MR) is 120 cm³/mol. The van der Waals surface area contributed by atoms with Gasteiger partial charge in [-0.25, -0.2) is 4.98 Å². The van der Waals surface area contributed by atoms with Crippen LogP contribution in [0.15, 0.2) is 24.3 Å². The van der Waals surface area contributed by atoms with E-state index in [4.69, 9.17) is 28.2 Å². The summed E-state index contributed by atoms with van der Waals surface area (Å²) in [4.78, 5) is 21.7. The lowest BCUT2D eigenvalue weighted by molar-refractivity contribution is 0.0948. The lowest BCUT2D eigenvalue weighted by atomic mass is 10.2. The number of halogens is 2. The van der Waals surface area contributed by atoms with Crippen LogP contribution >= 0.6 is 45.9 Å². The number of rotatable bonds is 5. The fourth-order valence-corrected chi connectivity index (χ4v) is 5.81. The van der Waals surface area contributed by atoms with Gasteiger partial charge in [0.1, 0.15) is 4.34 Å². The van der Waals surface area contributed by atoms with Gasteiger partial charge in [0.25, 0.3) is 5.91 Å². The van der Waals surface area contributed by atoms with E-state index in [-0.39, 0.29) is 5.91 Å². The van der Waals surface area contributed by atoms with Gasteiger partial charge in [-0.3, -0.25) is 9.69 Å². The molecule has 3 aromatic rings. The standard InChI is InChI=1S/C19H20Cl2N4OS2/c1-12-2-3-14-15(10-12)27-19(23-14)25-8-6-24(7-9-25)5-4-22-18(26)13-11-16(20)28-17(13)21/h2-3,10-11H,4-9H2,1H3,(H,22,26). The van der Waals surface area contributed by atoms with E-state index in [1.165, 1.54) is 21.6 Å². The molecule has 1 aromatic carbocycles. The largest absolute Gasteiger partial charge is 0.351 e. The number of nitrogens with one attached hydrogen (secondary N) is 1. The van der Waals surface area contributed by atoms with Crippen LogP contribution in [0.5, 0.6) is 0 Å². The molecular formula is C19H20Cl2N4OS2. The number of anilines is 1. The first-order chi connectivity index (χ1) is 13.5. The number of thiazole rings is 1. The monoisotopic (exact) mass is 454 g/mol. The molecule has 0 bridgehead atoms. The molecular weight excluding hydrogens is 435 g/mol. The van der Waals surface area contributed by atoms with E-state index in [2.05, 4.69) is 40.2 Å². The number of benzene rings is 1. The number of thiophene rings is 1. The minimum absolute atomic E-state index is 0.170. The van der Waals surface area contributed by atoms with Crippen molar-refractivity contribution in [3.8, 4) is 0 Å². The Morgan fingerprint density at radius 2 is 1.96 bits per heavy atom. The van der Waals surface area contributed by atoms with E-state index in [0.29, 0.717) is 20.8 Å². The fourth-order valence-electron chi connectivity index (χ4n) is 3.24. The summed E-state index contributed by atoms with van der Waals surface area (Å²) in [6.45, 7) is 7.30. The maximum absolute atomic E-state index is 12.2. The van der Waals surface area contributed by atoms with Gasteiger partial charge in [-0.05, 0) is 30.7 Å². The van der Waals surface area contributed by atoms with Gasteiger partial charge in [0, 0.05) is 39.3 Å². The summed E-state index contributed by atoms with van der Waals surface area (Å²) in [6.07, 6.45) is 0. The third kappa shape index (κ3) is 4.44. The summed E-state index contributed by atoms with van der Waals surface area (Å²) in [5.41, 5.74) is 2.79. The van der Waals surface area contributed by atoms with Crippen LogP contribution in [0, 0.1) is 6.92 Å². The Balaban J connectivity index is 1.26. The van der Waals surface area contributed by atoms with E-state index in [0.717, 1.165) is 43.4 Å². The summed E-state index contributed by atoms with van der Waals surface area (Å²) in [6, 6.07) is 8.01. The highest BCUT2D eigenvalue weighted by molar-refractivity contribution is 7.22. The van der Waals surface area contributed by atoms with E-state index in [9.17, 15) is 4.79 Å². The lowest BCUT2D eigenvalue weighted by Crippen LogP contribution is -2.48. The molecule has 1 aliphatic heterocycles. The van der Waals surface area contributed by atoms with E-state index in [1.807, 2.05) is 0 Å². The van der Waals surface area contributed by atoms with Gasteiger partial charge in [-0.2, -0.15) is 0 Å². The first-order valence-electron chi connectivity index (χ1n) is 9.07. The van der Waals surface area contributed by atoms with Crippen molar-refractivity contribution in [3.05, 3.63) is 44.1 Å². The maximum atomic E-state index is 12.2. The van der Waals surface area contributed by atoms with Crippen molar-refractivity contribution in [2.24, 2.45) is 0 Å². The molecule has 28 heavy (non-hydrogen) atoms. The fraction of sp³-hybridized carbons (Fsp3) is 0.368. The van der Waals surface area contributed by atoms with Crippen LogP contribution < -0.4 is 10.2 Å². The Morgan fingerprint density at radius 3 is 2.68 bits per heavy atom. The quantitative estimate of drug-likeness (QED) is 0.615. The molecule has 1 N–H and O–H groups in total. The molecule has 0 radical (unpaired) electrons. The van der Waals surface area contributed by atoms with Crippen molar-refractivity contribution in [3.63, 3.8) is 0 Å². The van der Waals surface area contributed by atoms with Crippen molar-refractivity contribution in [2.45, 2.75) is 6.92 Å². The Labute approximate surface area is 181 Å². The highest BCUT2D eigenvalue weighted by Crippen LogP contribution is 2.31. The number of aryl methyl sites for hydroxylation is 1. The van der Waals surface area contributed by atoms with Gasteiger partial charge >= 0.3 is 0 Å². The minimum atomic E-state index is -0.170. The van der Waals surface area contributed by atoms with E-state index < -0.39 is 0 Å².